The second-order valence-electron chi connectivity index (χ2n) is 4.62. The number of alkyl halides is 2. The normalized spacial score (nSPS) is 18.6. The van der Waals surface area contributed by atoms with Crippen molar-refractivity contribution >= 4 is 11.7 Å². The topological polar surface area (TPSA) is 38.8 Å². The molecule has 0 amide bonds. The van der Waals surface area contributed by atoms with Gasteiger partial charge in [0.1, 0.15) is 0 Å². The van der Waals surface area contributed by atoms with E-state index in [2.05, 4.69) is 9.47 Å². The molecule has 0 spiro atoms. The van der Waals surface area contributed by atoms with E-state index in [0.29, 0.717) is 5.56 Å². The summed E-state index contributed by atoms with van der Waals surface area (Å²) in [5, 5.41) is 0. The zero-order valence-corrected chi connectivity index (χ0v) is 11.2. The first-order valence-corrected chi connectivity index (χ1v) is 6.46. The van der Waals surface area contributed by atoms with Gasteiger partial charge in [0, 0.05) is 12.2 Å². The van der Waals surface area contributed by atoms with Gasteiger partial charge < -0.3 is 14.4 Å². The van der Waals surface area contributed by atoms with Crippen molar-refractivity contribution in [1.29, 1.82) is 0 Å². The number of esters is 1. The smallest absolute Gasteiger partial charge is 0.345 e. The minimum Gasteiger partial charge on any atom is -0.465 e. The number of carbonyl (C=O) groups excluding carboxylic acids is 1. The van der Waals surface area contributed by atoms with Gasteiger partial charge in [0.05, 0.1) is 25.3 Å². The Balaban J connectivity index is 2.04. The van der Waals surface area contributed by atoms with Gasteiger partial charge in [0.2, 0.25) is 0 Å². The van der Waals surface area contributed by atoms with Crippen LogP contribution in [0.15, 0.2) is 24.3 Å². The maximum Gasteiger partial charge on any atom is 0.345 e. The summed E-state index contributed by atoms with van der Waals surface area (Å²) in [7, 11) is 1.33. The Morgan fingerprint density at radius 1 is 1.40 bits per heavy atom. The number of methoxy groups -OCH3 is 1. The zero-order chi connectivity index (χ0) is 14.5. The monoisotopic (exact) mass is 285 g/mol. The maximum atomic E-state index is 12.1. The van der Waals surface area contributed by atoms with Crippen molar-refractivity contribution in [2.45, 2.75) is 25.5 Å². The Bertz CT molecular complexity index is 450. The van der Waals surface area contributed by atoms with Crippen molar-refractivity contribution in [3.63, 3.8) is 0 Å². The van der Waals surface area contributed by atoms with Crippen LogP contribution in [0, 0.1) is 0 Å². The Morgan fingerprint density at radius 2 is 2.10 bits per heavy atom. The first kappa shape index (κ1) is 14.7. The molecule has 0 saturated carbocycles. The van der Waals surface area contributed by atoms with Crippen LogP contribution in [0.25, 0.3) is 0 Å². The quantitative estimate of drug-likeness (QED) is 0.780. The molecule has 1 atom stereocenters. The van der Waals surface area contributed by atoms with Gasteiger partial charge in [0.15, 0.2) is 0 Å². The molecule has 1 aliphatic rings. The SMILES string of the molecule is COC(=O)c1ccc(N2CCC[C@H]2COC(F)F)cc1. The highest BCUT2D eigenvalue weighted by Crippen LogP contribution is 2.26. The van der Waals surface area contributed by atoms with E-state index in [1.807, 2.05) is 4.90 Å². The van der Waals surface area contributed by atoms with E-state index in [9.17, 15) is 13.6 Å². The summed E-state index contributed by atoms with van der Waals surface area (Å²) in [6, 6.07) is 6.89. The van der Waals surface area contributed by atoms with Gasteiger partial charge in [-0.2, -0.15) is 8.78 Å². The number of nitrogens with zero attached hydrogens (tertiary/aromatic N) is 1. The number of hydrogen-bond acceptors (Lipinski definition) is 4. The molecular formula is C14H17F2NO3. The van der Waals surface area contributed by atoms with Gasteiger partial charge in [-0.1, -0.05) is 0 Å². The summed E-state index contributed by atoms with van der Waals surface area (Å²) in [6.45, 7) is -1.93. The third kappa shape index (κ3) is 3.45. The molecule has 0 aromatic heterocycles. The number of benzene rings is 1. The first-order chi connectivity index (χ1) is 9.61. The van der Waals surface area contributed by atoms with Crippen LogP contribution in [0.4, 0.5) is 14.5 Å². The summed E-state index contributed by atoms with van der Waals surface area (Å²) >= 11 is 0. The Hall–Kier alpha value is -1.69. The van der Waals surface area contributed by atoms with Crippen LogP contribution in [-0.2, 0) is 9.47 Å². The Labute approximate surface area is 116 Å². The number of ether oxygens (including phenoxy) is 2. The molecule has 0 radical (unpaired) electrons. The third-order valence-corrected chi connectivity index (χ3v) is 3.41. The van der Waals surface area contributed by atoms with Gasteiger partial charge >= 0.3 is 12.6 Å². The molecule has 1 fully saturated rings. The molecule has 1 aliphatic heterocycles. The van der Waals surface area contributed by atoms with Crippen LogP contribution < -0.4 is 4.90 Å². The lowest BCUT2D eigenvalue weighted by Crippen LogP contribution is -2.33. The predicted octanol–water partition coefficient (Wildman–Crippen LogP) is 2.68. The largest absolute Gasteiger partial charge is 0.465 e. The number of anilines is 1. The lowest BCUT2D eigenvalue weighted by atomic mass is 10.1. The van der Waals surface area contributed by atoms with Crippen LogP contribution in [0.1, 0.15) is 23.2 Å². The molecule has 0 aliphatic carbocycles. The summed E-state index contributed by atoms with van der Waals surface area (Å²) in [6.07, 6.45) is 1.77. The average Bonchev–Trinajstić information content (AvgIpc) is 2.93. The molecule has 1 saturated heterocycles. The van der Waals surface area contributed by atoms with Crippen LogP contribution in [-0.4, -0.2) is 38.9 Å². The molecule has 6 heteroatoms. The highest BCUT2D eigenvalue weighted by atomic mass is 19.3. The molecule has 0 bridgehead atoms. The second-order valence-corrected chi connectivity index (χ2v) is 4.62. The van der Waals surface area contributed by atoms with E-state index < -0.39 is 12.6 Å². The van der Waals surface area contributed by atoms with Gasteiger partial charge in [-0.3, -0.25) is 0 Å². The second kappa shape index (κ2) is 6.65. The fourth-order valence-corrected chi connectivity index (χ4v) is 2.44. The molecule has 110 valence electrons. The van der Waals surface area contributed by atoms with E-state index >= 15 is 0 Å². The summed E-state index contributed by atoms with van der Waals surface area (Å²) in [5.41, 5.74) is 1.37. The molecule has 0 N–H and O–H groups in total. The number of halogens is 2. The molecule has 0 unspecified atom stereocenters. The Kier molecular flexibility index (Phi) is 4.89. The van der Waals surface area contributed by atoms with E-state index in [-0.39, 0.29) is 12.6 Å². The van der Waals surface area contributed by atoms with Crippen molar-refractivity contribution in [2.24, 2.45) is 0 Å². The van der Waals surface area contributed by atoms with Gasteiger partial charge in [-0.15, -0.1) is 0 Å². The van der Waals surface area contributed by atoms with Crippen molar-refractivity contribution in [3.05, 3.63) is 29.8 Å². The number of carbonyl (C=O) groups is 1. The predicted molar refractivity (Wildman–Crippen MR) is 70.1 cm³/mol. The molecule has 1 aromatic rings. The third-order valence-electron chi connectivity index (χ3n) is 3.41. The van der Waals surface area contributed by atoms with Crippen LogP contribution in [0.2, 0.25) is 0 Å². The lowest BCUT2D eigenvalue weighted by Gasteiger charge is -2.26. The van der Waals surface area contributed by atoms with Crippen molar-refractivity contribution < 1.29 is 23.0 Å². The number of rotatable bonds is 5. The van der Waals surface area contributed by atoms with Gasteiger partial charge in [0.25, 0.3) is 0 Å². The van der Waals surface area contributed by atoms with Crippen LogP contribution in [0.3, 0.4) is 0 Å². The molecule has 4 nitrogen and oxygen atoms in total. The lowest BCUT2D eigenvalue weighted by molar-refractivity contribution is -0.131. The Morgan fingerprint density at radius 3 is 2.70 bits per heavy atom. The minimum atomic E-state index is -2.74. The average molecular weight is 285 g/mol. The van der Waals surface area contributed by atoms with E-state index in [1.165, 1.54) is 7.11 Å². The maximum absolute atomic E-state index is 12.1. The molecule has 1 aromatic carbocycles. The van der Waals surface area contributed by atoms with Crippen LogP contribution >= 0.6 is 0 Å². The molecular weight excluding hydrogens is 268 g/mol. The van der Waals surface area contributed by atoms with Gasteiger partial charge in [-0.05, 0) is 37.1 Å². The fourth-order valence-electron chi connectivity index (χ4n) is 2.44. The first-order valence-electron chi connectivity index (χ1n) is 6.46. The van der Waals surface area contributed by atoms with E-state index in [1.54, 1.807) is 24.3 Å². The number of hydrogen-bond donors (Lipinski definition) is 0. The summed E-state index contributed by atoms with van der Waals surface area (Å²) in [4.78, 5) is 13.4. The molecule has 2 rings (SSSR count). The highest BCUT2D eigenvalue weighted by Gasteiger charge is 2.26. The molecule has 20 heavy (non-hydrogen) atoms. The van der Waals surface area contributed by atoms with Crippen molar-refractivity contribution in [2.75, 3.05) is 25.2 Å². The standard InChI is InChI=1S/C14H17F2NO3/c1-19-13(18)10-4-6-11(7-5-10)17-8-2-3-12(17)9-20-14(15)16/h4-7,12,14H,2-3,8-9H2,1H3/t12-/m0/s1. The van der Waals surface area contributed by atoms with Crippen LogP contribution in [0.5, 0.6) is 0 Å². The summed E-state index contributed by atoms with van der Waals surface area (Å²) in [5.74, 6) is -0.393. The summed E-state index contributed by atoms with van der Waals surface area (Å²) < 4.78 is 33.3. The van der Waals surface area contributed by atoms with E-state index in [0.717, 1.165) is 25.1 Å². The zero-order valence-electron chi connectivity index (χ0n) is 11.2. The van der Waals surface area contributed by atoms with Crippen molar-refractivity contribution in [3.8, 4) is 0 Å². The fraction of sp³-hybridized carbons (Fsp3) is 0.500. The van der Waals surface area contributed by atoms with Crippen molar-refractivity contribution in [1.82, 2.24) is 0 Å². The highest BCUT2D eigenvalue weighted by molar-refractivity contribution is 5.89. The van der Waals surface area contributed by atoms with Gasteiger partial charge in [-0.25, -0.2) is 4.79 Å². The molecule has 1 heterocycles. The van der Waals surface area contributed by atoms with E-state index in [4.69, 9.17) is 0 Å². The minimum absolute atomic E-state index is 0.0103.